The summed E-state index contributed by atoms with van der Waals surface area (Å²) in [5.74, 6) is 3.09. The van der Waals surface area contributed by atoms with Crippen molar-refractivity contribution in [2.24, 2.45) is 0 Å². The van der Waals surface area contributed by atoms with Gasteiger partial charge in [-0.25, -0.2) is 18.6 Å². The van der Waals surface area contributed by atoms with Gasteiger partial charge >= 0.3 is 0 Å². The van der Waals surface area contributed by atoms with Gasteiger partial charge in [0.25, 0.3) is 0 Å². The van der Waals surface area contributed by atoms with Crippen molar-refractivity contribution in [1.82, 2.24) is 0 Å². The zero-order chi connectivity index (χ0) is 14.3. The van der Waals surface area contributed by atoms with Crippen LogP contribution in [0.25, 0.3) is 0 Å². The lowest BCUT2D eigenvalue weighted by Gasteiger charge is -2.17. The predicted octanol–water partition coefficient (Wildman–Crippen LogP) is -1.81. The van der Waals surface area contributed by atoms with E-state index >= 15 is 0 Å². The Hall–Kier alpha value is -0.500. The van der Waals surface area contributed by atoms with E-state index in [0.29, 0.717) is 16.6 Å². The van der Waals surface area contributed by atoms with E-state index < -0.39 is 10.2 Å². The van der Waals surface area contributed by atoms with Crippen LogP contribution in [0.1, 0.15) is 25.7 Å². The van der Waals surface area contributed by atoms with Crippen LogP contribution in [0.15, 0.2) is 29.2 Å². The highest BCUT2D eigenvalue weighted by molar-refractivity contribution is 7.96. The van der Waals surface area contributed by atoms with E-state index in [0.717, 1.165) is 0 Å². The Kier molecular flexibility index (Phi) is 6.92. The summed E-state index contributed by atoms with van der Waals surface area (Å²) >= 11 is 0. The number of rotatable bonds is 1. The van der Waals surface area contributed by atoms with Crippen LogP contribution in [0.3, 0.4) is 0 Å². The quantitative estimate of drug-likeness (QED) is 0.614. The number of benzene rings is 1. The molecular weight excluding hydrogens is 292 g/mol. The maximum Gasteiger partial charge on any atom is 0.155 e. The fourth-order valence-corrected chi connectivity index (χ4v) is 4.18. The predicted molar refractivity (Wildman–Crippen MR) is 61.9 cm³/mol. The molecule has 0 amide bonds. The molecule has 0 radical (unpaired) electrons. The first kappa shape index (κ1) is 16.6. The van der Waals surface area contributed by atoms with Crippen molar-refractivity contribution in [3.8, 4) is 5.75 Å². The smallest absolute Gasteiger partial charge is 0.155 e. The molecule has 0 bridgehead atoms. The second-order valence-electron chi connectivity index (χ2n) is 4.19. The fourth-order valence-electron chi connectivity index (χ4n) is 1.88. The van der Waals surface area contributed by atoms with Gasteiger partial charge in [0.2, 0.25) is 0 Å². The van der Waals surface area contributed by atoms with Gasteiger partial charge in [0.05, 0.1) is 0 Å². The lowest BCUT2D eigenvalue weighted by Crippen LogP contribution is -2.68. The molecule has 1 aliphatic rings. The SMILES string of the molecule is Oc1ccc([S+]2CCCCCC2)cc1.[O-][Cl+3]([O-])([O-])[O-]. The van der Waals surface area contributed by atoms with Crippen molar-refractivity contribution in [2.75, 3.05) is 11.5 Å². The van der Waals surface area contributed by atoms with Crippen LogP contribution in [-0.4, -0.2) is 16.6 Å². The Balaban J connectivity index is 0.000000312. The van der Waals surface area contributed by atoms with Crippen LogP contribution in [-0.2, 0) is 10.9 Å². The molecule has 7 heteroatoms. The molecule has 1 aromatic rings. The topological polar surface area (TPSA) is 112 Å². The third kappa shape index (κ3) is 8.30. The van der Waals surface area contributed by atoms with Crippen LogP contribution in [0, 0.1) is 10.2 Å². The molecule has 1 heterocycles. The summed E-state index contributed by atoms with van der Waals surface area (Å²) in [4.78, 5) is 1.43. The molecule has 0 aliphatic carbocycles. The Morgan fingerprint density at radius 1 is 0.842 bits per heavy atom. The van der Waals surface area contributed by atoms with E-state index in [2.05, 4.69) is 12.1 Å². The molecule has 1 aliphatic heterocycles. The molecular formula is C12H17ClO5S. The number of aromatic hydroxyl groups is 1. The number of phenolic OH excluding ortho intramolecular Hbond substituents is 1. The fraction of sp³-hybridized carbons (Fsp3) is 0.500. The minimum absolute atomic E-state index is 0.382. The highest BCUT2D eigenvalue weighted by atomic mass is 35.7. The van der Waals surface area contributed by atoms with E-state index in [1.807, 2.05) is 12.1 Å². The van der Waals surface area contributed by atoms with Crippen molar-refractivity contribution in [2.45, 2.75) is 30.6 Å². The molecule has 0 atom stereocenters. The Morgan fingerprint density at radius 2 is 1.26 bits per heavy atom. The first-order valence-corrected chi connectivity index (χ1v) is 8.74. The van der Waals surface area contributed by atoms with E-state index in [1.165, 1.54) is 42.1 Å². The number of halogens is 1. The van der Waals surface area contributed by atoms with Gasteiger partial charge in [-0.2, -0.15) is 0 Å². The summed E-state index contributed by atoms with van der Waals surface area (Å²) in [5.41, 5.74) is 0. The van der Waals surface area contributed by atoms with Crippen molar-refractivity contribution in [1.29, 1.82) is 0 Å². The molecule has 1 aromatic carbocycles. The Bertz CT molecular complexity index is 351. The van der Waals surface area contributed by atoms with E-state index in [1.54, 1.807) is 0 Å². The number of phenols is 1. The zero-order valence-corrected chi connectivity index (χ0v) is 12.0. The minimum Gasteiger partial charge on any atom is -0.508 e. The zero-order valence-electron chi connectivity index (χ0n) is 10.4. The average Bonchev–Trinajstić information content (AvgIpc) is 2.56. The lowest BCUT2D eigenvalue weighted by molar-refractivity contribution is -2.00. The summed E-state index contributed by atoms with van der Waals surface area (Å²) in [6, 6.07) is 7.80. The first-order valence-electron chi connectivity index (χ1n) is 5.94. The molecule has 19 heavy (non-hydrogen) atoms. The van der Waals surface area contributed by atoms with Gasteiger partial charge in [-0.3, -0.25) is 0 Å². The maximum absolute atomic E-state index is 9.21. The molecule has 0 unspecified atom stereocenters. The van der Waals surface area contributed by atoms with Gasteiger partial charge in [0.1, 0.15) is 17.3 Å². The third-order valence-corrected chi connectivity index (χ3v) is 5.20. The Morgan fingerprint density at radius 3 is 1.68 bits per heavy atom. The highest BCUT2D eigenvalue weighted by Crippen LogP contribution is 2.23. The second kappa shape index (κ2) is 7.94. The summed E-state index contributed by atoms with van der Waals surface area (Å²) in [7, 11) is -4.49. The second-order valence-corrected chi connectivity index (χ2v) is 7.22. The van der Waals surface area contributed by atoms with Crippen LogP contribution in [0.4, 0.5) is 0 Å². The molecule has 108 valence electrons. The minimum atomic E-state index is -4.94. The number of hydrogen-bond acceptors (Lipinski definition) is 5. The normalized spacial score (nSPS) is 17.3. The summed E-state index contributed by atoms with van der Waals surface area (Å²) in [6.45, 7) is 0. The molecule has 1 fully saturated rings. The van der Waals surface area contributed by atoms with Gasteiger partial charge in [0, 0.05) is 10.9 Å². The molecule has 2 rings (SSSR count). The lowest BCUT2D eigenvalue weighted by atomic mass is 10.2. The third-order valence-electron chi connectivity index (χ3n) is 2.70. The van der Waals surface area contributed by atoms with Crippen molar-refractivity contribution < 1.29 is 34.0 Å². The molecule has 0 spiro atoms. The van der Waals surface area contributed by atoms with Crippen LogP contribution in [0.5, 0.6) is 5.75 Å². The van der Waals surface area contributed by atoms with E-state index in [4.69, 9.17) is 18.6 Å². The van der Waals surface area contributed by atoms with Crippen molar-refractivity contribution >= 4 is 10.9 Å². The van der Waals surface area contributed by atoms with Crippen LogP contribution < -0.4 is 18.6 Å². The van der Waals surface area contributed by atoms with E-state index in [-0.39, 0.29) is 0 Å². The molecule has 1 saturated heterocycles. The standard InChI is InChI=1S/C12H16OS.ClHO4/c13-11-5-7-12(8-6-11)14-9-3-1-2-4-10-14;2-1(3,4)5/h5-8H,1-4,9-10H2;(H,2,3,4,5). The summed E-state index contributed by atoms with van der Waals surface area (Å²) in [5, 5.41) is 9.21. The van der Waals surface area contributed by atoms with Crippen LogP contribution >= 0.6 is 0 Å². The highest BCUT2D eigenvalue weighted by Gasteiger charge is 2.22. The maximum atomic E-state index is 9.21. The van der Waals surface area contributed by atoms with Gasteiger partial charge in [-0.05, 0) is 49.9 Å². The van der Waals surface area contributed by atoms with E-state index in [9.17, 15) is 5.11 Å². The van der Waals surface area contributed by atoms with Gasteiger partial charge in [-0.1, -0.05) is 0 Å². The van der Waals surface area contributed by atoms with Crippen LogP contribution in [0.2, 0.25) is 0 Å². The summed E-state index contributed by atoms with van der Waals surface area (Å²) in [6.07, 6.45) is 5.57. The molecule has 1 N–H and O–H groups in total. The summed E-state index contributed by atoms with van der Waals surface area (Å²) < 4.78 is 34.0. The average molecular weight is 309 g/mol. The molecule has 5 nitrogen and oxygen atoms in total. The molecule has 0 aromatic heterocycles. The van der Waals surface area contributed by atoms with Gasteiger partial charge in [0.15, 0.2) is 4.90 Å². The first-order chi connectivity index (χ1) is 8.86. The number of hydrogen-bond donors (Lipinski definition) is 1. The van der Waals surface area contributed by atoms with Gasteiger partial charge < -0.3 is 5.11 Å². The monoisotopic (exact) mass is 308 g/mol. The van der Waals surface area contributed by atoms with Crippen molar-refractivity contribution in [3.05, 3.63) is 24.3 Å². The Labute approximate surface area is 117 Å². The van der Waals surface area contributed by atoms with Crippen molar-refractivity contribution in [3.63, 3.8) is 0 Å². The molecule has 0 saturated carbocycles. The largest absolute Gasteiger partial charge is 0.508 e. The van der Waals surface area contributed by atoms with Gasteiger partial charge in [-0.15, -0.1) is 10.2 Å².